The number of carbonyl (C=O) groups is 1. The minimum atomic E-state index is -0.173. The fraction of sp³-hybridized carbons (Fsp3) is 0.412. The van der Waals surface area contributed by atoms with Gasteiger partial charge >= 0.3 is 0 Å². The Morgan fingerprint density at radius 2 is 1.68 bits per heavy atom. The number of hydrogen-bond acceptors (Lipinski definition) is 2. The SMILES string of the molecule is CN(C)C(=O)c1ccc(-c2c(C(C)(C)C)[nH]n(C)c2=O)cc1. The molecular weight excluding hydrogens is 278 g/mol. The summed E-state index contributed by atoms with van der Waals surface area (Å²) >= 11 is 0. The number of aryl methyl sites for hydroxylation is 1. The van der Waals surface area contributed by atoms with Gasteiger partial charge in [-0.15, -0.1) is 0 Å². The Morgan fingerprint density at radius 1 is 1.14 bits per heavy atom. The molecule has 118 valence electrons. The molecular formula is C17H23N3O2. The standard InChI is InChI=1S/C17H23N3O2/c1-17(2,3)14-13(16(22)20(6)18-14)11-7-9-12(10-8-11)15(21)19(4)5/h7-10,18H,1-6H3. The number of aromatic amines is 1. The van der Waals surface area contributed by atoms with Crippen LogP contribution in [-0.2, 0) is 12.5 Å². The molecule has 0 saturated carbocycles. The van der Waals surface area contributed by atoms with Crippen molar-refractivity contribution in [2.45, 2.75) is 26.2 Å². The van der Waals surface area contributed by atoms with Crippen LogP contribution in [0.5, 0.6) is 0 Å². The van der Waals surface area contributed by atoms with Crippen molar-refractivity contribution in [1.29, 1.82) is 0 Å². The number of aromatic nitrogens is 2. The Morgan fingerprint density at radius 3 is 2.14 bits per heavy atom. The molecule has 0 fully saturated rings. The fourth-order valence-corrected chi connectivity index (χ4v) is 2.40. The molecule has 1 amide bonds. The van der Waals surface area contributed by atoms with Crippen molar-refractivity contribution in [3.05, 3.63) is 45.9 Å². The quantitative estimate of drug-likeness (QED) is 0.926. The Hall–Kier alpha value is -2.30. The van der Waals surface area contributed by atoms with Gasteiger partial charge in [0.15, 0.2) is 0 Å². The molecule has 22 heavy (non-hydrogen) atoms. The van der Waals surface area contributed by atoms with Crippen LogP contribution < -0.4 is 5.56 Å². The van der Waals surface area contributed by atoms with Crippen molar-refractivity contribution in [3.63, 3.8) is 0 Å². The molecule has 1 heterocycles. The number of rotatable bonds is 2. The zero-order valence-corrected chi connectivity index (χ0v) is 14.0. The van der Waals surface area contributed by atoms with Gasteiger partial charge in [-0.1, -0.05) is 32.9 Å². The predicted molar refractivity (Wildman–Crippen MR) is 88.2 cm³/mol. The van der Waals surface area contributed by atoms with Crippen molar-refractivity contribution >= 4 is 5.91 Å². The number of carbonyl (C=O) groups excluding carboxylic acids is 1. The monoisotopic (exact) mass is 301 g/mol. The first-order chi connectivity index (χ1) is 10.1. The first-order valence-electron chi connectivity index (χ1n) is 7.24. The smallest absolute Gasteiger partial charge is 0.274 e. The molecule has 5 heteroatoms. The lowest BCUT2D eigenvalue weighted by Gasteiger charge is -2.18. The van der Waals surface area contributed by atoms with Gasteiger partial charge in [0.05, 0.1) is 11.3 Å². The van der Waals surface area contributed by atoms with E-state index in [-0.39, 0.29) is 16.9 Å². The van der Waals surface area contributed by atoms with E-state index in [0.29, 0.717) is 11.1 Å². The van der Waals surface area contributed by atoms with E-state index in [1.807, 2.05) is 12.1 Å². The van der Waals surface area contributed by atoms with Crippen molar-refractivity contribution < 1.29 is 4.79 Å². The van der Waals surface area contributed by atoms with Gasteiger partial charge in [-0.3, -0.25) is 19.4 Å². The summed E-state index contributed by atoms with van der Waals surface area (Å²) in [7, 11) is 5.15. The summed E-state index contributed by atoms with van der Waals surface area (Å²) in [6.45, 7) is 6.18. The van der Waals surface area contributed by atoms with E-state index in [0.717, 1.165) is 11.3 Å². The van der Waals surface area contributed by atoms with Gasteiger partial charge in [0.1, 0.15) is 0 Å². The summed E-state index contributed by atoms with van der Waals surface area (Å²) in [6.07, 6.45) is 0. The molecule has 0 aliphatic rings. The Bertz CT molecular complexity index is 744. The van der Waals surface area contributed by atoms with E-state index in [2.05, 4.69) is 25.9 Å². The highest BCUT2D eigenvalue weighted by molar-refractivity contribution is 5.94. The Labute approximate surface area is 130 Å². The van der Waals surface area contributed by atoms with E-state index in [1.165, 1.54) is 9.58 Å². The molecule has 0 atom stereocenters. The van der Waals surface area contributed by atoms with Crippen LogP contribution in [0.15, 0.2) is 29.1 Å². The van der Waals surface area contributed by atoms with E-state index in [1.54, 1.807) is 33.3 Å². The molecule has 0 spiro atoms. The van der Waals surface area contributed by atoms with Gasteiger partial charge in [0, 0.05) is 32.1 Å². The maximum Gasteiger partial charge on any atom is 0.274 e. The third kappa shape index (κ3) is 2.84. The predicted octanol–water partition coefficient (Wildman–Crippen LogP) is 2.38. The minimum Gasteiger partial charge on any atom is -0.345 e. The second kappa shape index (κ2) is 5.48. The molecule has 0 saturated heterocycles. The first-order valence-corrected chi connectivity index (χ1v) is 7.24. The van der Waals surface area contributed by atoms with Gasteiger partial charge in [-0.05, 0) is 17.7 Å². The average Bonchev–Trinajstić information content (AvgIpc) is 2.74. The molecule has 2 rings (SSSR count). The minimum absolute atomic E-state index is 0.0513. The molecule has 5 nitrogen and oxygen atoms in total. The van der Waals surface area contributed by atoms with Gasteiger partial charge in [-0.2, -0.15) is 0 Å². The van der Waals surface area contributed by atoms with Crippen LogP contribution in [0.3, 0.4) is 0 Å². The van der Waals surface area contributed by atoms with E-state index >= 15 is 0 Å². The van der Waals surface area contributed by atoms with E-state index in [9.17, 15) is 9.59 Å². The van der Waals surface area contributed by atoms with Crippen LogP contribution >= 0.6 is 0 Å². The van der Waals surface area contributed by atoms with Crippen molar-refractivity contribution in [2.24, 2.45) is 7.05 Å². The maximum absolute atomic E-state index is 12.4. The molecule has 0 unspecified atom stereocenters. The molecule has 0 bridgehead atoms. The number of hydrogen-bond donors (Lipinski definition) is 1. The zero-order valence-electron chi connectivity index (χ0n) is 14.0. The number of amides is 1. The number of nitrogens with one attached hydrogen (secondary N) is 1. The normalized spacial score (nSPS) is 11.5. The van der Waals surface area contributed by atoms with Gasteiger partial charge < -0.3 is 4.90 Å². The maximum atomic E-state index is 12.4. The lowest BCUT2D eigenvalue weighted by molar-refractivity contribution is 0.0827. The number of benzene rings is 1. The number of nitrogens with zero attached hydrogens (tertiary/aromatic N) is 2. The Balaban J connectivity index is 2.54. The molecule has 0 aliphatic carbocycles. The molecule has 1 aromatic carbocycles. The molecule has 1 aromatic heterocycles. The summed E-state index contributed by atoms with van der Waals surface area (Å²) in [5.74, 6) is -0.0513. The van der Waals surface area contributed by atoms with Crippen LogP contribution in [0.25, 0.3) is 11.1 Å². The zero-order chi connectivity index (χ0) is 16.7. The summed E-state index contributed by atoms with van der Waals surface area (Å²) < 4.78 is 1.49. The third-order valence-corrected chi connectivity index (χ3v) is 3.62. The second-order valence-electron chi connectivity index (χ2n) is 6.75. The summed E-state index contributed by atoms with van der Waals surface area (Å²) in [5, 5.41) is 3.14. The van der Waals surface area contributed by atoms with Gasteiger partial charge in [0.25, 0.3) is 11.5 Å². The first kappa shape index (κ1) is 16.1. The highest BCUT2D eigenvalue weighted by atomic mass is 16.2. The lowest BCUT2D eigenvalue weighted by atomic mass is 9.87. The van der Waals surface area contributed by atoms with E-state index < -0.39 is 0 Å². The second-order valence-corrected chi connectivity index (χ2v) is 6.75. The fourth-order valence-electron chi connectivity index (χ4n) is 2.40. The van der Waals surface area contributed by atoms with Crippen molar-refractivity contribution in [3.8, 4) is 11.1 Å². The van der Waals surface area contributed by atoms with Crippen molar-refractivity contribution in [2.75, 3.05) is 14.1 Å². The van der Waals surface area contributed by atoms with Crippen LogP contribution in [0.4, 0.5) is 0 Å². The summed E-state index contributed by atoms with van der Waals surface area (Å²) in [5.41, 5.74) is 2.76. The van der Waals surface area contributed by atoms with Gasteiger partial charge in [0.2, 0.25) is 0 Å². The van der Waals surface area contributed by atoms with Crippen LogP contribution in [-0.4, -0.2) is 34.7 Å². The molecule has 0 aliphatic heterocycles. The topological polar surface area (TPSA) is 58.1 Å². The third-order valence-electron chi connectivity index (χ3n) is 3.62. The molecule has 2 aromatic rings. The van der Waals surface area contributed by atoms with Gasteiger partial charge in [-0.25, -0.2) is 0 Å². The largest absolute Gasteiger partial charge is 0.345 e. The average molecular weight is 301 g/mol. The highest BCUT2D eigenvalue weighted by Crippen LogP contribution is 2.29. The van der Waals surface area contributed by atoms with Crippen molar-refractivity contribution in [1.82, 2.24) is 14.7 Å². The summed E-state index contributed by atoms with van der Waals surface area (Å²) in [6, 6.07) is 7.18. The molecule has 0 radical (unpaired) electrons. The Kier molecular flexibility index (Phi) is 4.00. The van der Waals surface area contributed by atoms with Crippen LogP contribution in [0, 0.1) is 0 Å². The van der Waals surface area contributed by atoms with Crippen LogP contribution in [0.2, 0.25) is 0 Å². The molecule has 1 N–H and O–H groups in total. The summed E-state index contributed by atoms with van der Waals surface area (Å²) in [4.78, 5) is 25.9. The highest BCUT2D eigenvalue weighted by Gasteiger charge is 2.24. The van der Waals surface area contributed by atoms with E-state index in [4.69, 9.17) is 0 Å². The van der Waals surface area contributed by atoms with Crippen LogP contribution in [0.1, 0.15) is 36.8 Å². The lowest BCUT2D eigenvalue weighted by Crippen LogP contribution is -2.21. The number of H-pyrrole nitrogens is 1.